The molecule has 0 saturated carbocycles. The molecule has 0 aliphatic rings. The van der Waals surface area contributed by atoms with Gasteiger partial charge in [0.2, 0.25) is 10.0 Å². The SMILES string of the molecule is Nc1cc(Sc2ccccc2F)ccc1S(N)(=O)=O. The fraction of sp³-hybridized carbons (Fsp3) is 0. The van der Waals surface area contributed by atoms with Crippen LogP contribution < -0.4 is 10.9 Å². The van der Waals surface area contributed by atoms with Crippen LogP contribution in [0.1, 0.15) is 0 Å². The van der Waals surface area contributed by atoms with Gasteiger partial charge in [0, 0.05) is 9.79 Å². The zero-order valence-corrected chi connectivity index (χ0v) is 11.3. The van der Waals surface area contributed by atoms with Gasteiger partial charge >= 0.3 is 0 Å². The number of halogens is 1. The van der Waals surface area contributed by atoms with Gasteiger partial charge in [-0.15, -0.1) is 0 Å². The molecule has 0 bridgehead atoms. The second-order valence-corrected chi connectivity index (χ2v) is 6.42. The van der Waals surface area contributed by atoms with Crippen LogP contribution in [0.4, 0.5) is 10.1 Å². The first-order valence-corrected chi connectivity index (χ1v) is 7.59. The Morgan fingerprint density at radius 3 is 2.37 bits per heavy atom. The van der Waals surface area contributed by atoms with Crippen LogP contribution in [-0.2, 0) is 10.0 Å². The van der Waals surface area contributed by atoms with Crippen LogP contribution in [0.3, 0.4) is 0 Å². The van der Waals surface area contributed by atoms with Crippen LogP contribution in [0.25, 0.3) is 0 Å². The first kappa shape index (κ1) is 13.9. The van der Waals surface area contributed by atoms with Crippen molar-refractivity contribution in [1.29, 1.82) is 0 Å². The summed E-state index contributed by atoms with van der Waals surface area (Å²) in [6.45, 7) is 0. The van der Waals surface area contributed by atoms with Gasteiger partial charge in [-0.1, -0.05) is 23.9 Å². The zero-order valence-electron chi connectivity index (χ0n) is 9.71. The number of hydrogen-bond donors (Lipinski definition) is 2. The maximum atomic E-state index is 13.5. The fourth-order valence-corrected chi connectivity index (χ4v) is 3.04. The zero-order chi connectivity index (χ0) is 14.0. The molecule has 0 radical (unpaired) electrons. The van der Waals surface area contributed by atoms with Gasteiger partial charge in [-0.25, -0.2) is 17.9 Å². The van der Waals surface area contributed by atoms with Crippen LogP contribution in [0.2, 0.25) is 0 Å². The number of hydrogen-bond acceptors (Lipinski definition) is 4. The Morgan fingerprint density at radius 2 is 1.79 bits per heavy atom. The quantitative estimate of drug-likeness (QED) is 0.851. The first-order valence-electron chi connectivity index (χ1n) is 5.22. The van der Waals surface area contributed by atoms with Gasteiger partial charge in [-0.05, 0) is 30.3 Å². The van der Waals surface area contributed by atoms with E-state index in [1.807, 2.05) is 0 Å². The van der Waals surface area contributed by atoms with Gasteiger partial charge in [-0.3, -0.25) is 0 Å². The summed E-state index contributed by atoms with van der Waals surface area (Å²) < 4.78 is 35.9. The minimum absolute atomic E-state index is 0.0452. The van der Waals surface area contributed by atoms with E-state index < -0.39 is 10.0 Å². The first-order chi connectivity index (χ1) is 8.88. The van der Waals surface area contributed by atoms with Gasteiger partial charge in [0.25, 0.3) is 0 Å². The summed E-state index contributed by atoms with van der Waals surface area (Å²) in [6.07, 6.45) is 0. The Morgan fingerprint density at radius 1 is 1.11 bits per heavy atom. The van der Waals surface area contributed by atoms with Crippen LogP contribution in [-0.4, -0.2) is 8.42 Å². The van der Waals surface area contributed by atoms with Crippen molar-refractivity contribution in [3.63, 3.8) is 0 Å². The van der Waals surface area contributed by atoms with E-state index in [-0.39, 0.29) is 16.4 Å². The van der Waals surface area contributed by atoms with Crippen molar-refractivity contribution in [2.45, 2.75) is 14.7 Å². The number of sulfonamides is 1. The normalized spacial score (nSPS) is 11.5. The number of rotatable bonds is 3. The number of benzene rings is 2. The molecule has 0 fully saturated rings. The molecule has 4 N–H and O–H groups in total. The molecule has 19 heavy (non-hydrogen) atoms. The van der Waals surface area contributed by atoms with Crippen molar-refractivity contribution in [3.8, 4) is 0 Å². The van der Waals surface area contributed by atoms with E-state index in [9.17, 15) is 12.8 Å². The van der Waals surface area contributed by atoms with E-state index in [0.29, 0.717) is 9.79 Å². The van der Waals surface area contributed by atoms with Gasteiger partial charge in [0.1, 0.15) is 10.7 Å². The molecule has 4 nitrogen and oxygen atoms in total. The number of anilines is 1. The summed E-state index contributed by atoms with van der Waals surface area (Å²) in [5.74, 6) is -0.346. The number of primary sulfonamides is 1. The Labute approximate surface area is 114 Å². The van der Waals surface area contributed by atoms with Crippen LogP contribution >= 0.6 is 11.8 Å². The Bertz CT molecular complexity index is 717. The van der Waals surface area contributed by atoms with Crippen molar-refractivity contribution in [3.05, 3.63) is 48.3 Å². The van der Waals surface area contributed by atoms with E-state index >= 15 is 0 Å². The molecule has 0 heterocycles. The fourth-order valence-electron chi connectivity index (χ4n) is 1.50. The lowest BCUT2D eigenvalue weighted by molar-refractivity contribution is 0.597. The molecule has 7 heteroatoms. The third kappa shape index (κ3) is 3.25. The van der Waals surface area contributed by atoms with E-state index in [0.717, 1.165) is 11.8 Å². The van der Waals surface area contributed by atoms with Gasteiger partial charge < -0.3 is 5.73 Å². The molecule has 0 atom stereocenters. The summed E-state index contributed by atoms with van der Waals surface area (Å²) in [5.41, 5.74) is 5.68. The third-order valence-electron chi connectivity index (χ3n) is 2.35. The summed E-state index contributed by atoms with van der Waals surface area (Å²) in [7, 11) is -3.84. The minimum atomic E-state index is -3.84. The molecule has 2 rings (SSSR count). The van der Waals surface area contributed by atoms with Crippen molar-refractivity contribution in [1.82, 2.24) is 0 Å². The smallest absolute Gasteiger partial charge is 0.240 e. The van der Waals surface area contributed by atoms with Gasteiger partial charge in [-0.2, -0.15) is 0 Å². The highest BCUT2D eigenvalue weighted by molar-refractivity contribution is 7.99. The molecule has 0 aliphatic carbocycles. The molecule has 0 spiro atoms. The van der Waals surface area contributed by atoms with Crippen LogP contribution in [0.15, 0.2) is 57.2 Å². The second kappa shape index (κ2) is 5.20. The summed E-state index contributed by atoms with van der Waals surface area (Å²) in [4.78, 5) is 0.936. The van der Waals surface area contributed by atoms with Crippen molar-refractivity contribution in [2.24, 2.45) is 5.14 Å². The molecule has 2 aromatic carbocycles. The summed E-state index contributed by atoms with van der Waals surface area (Å²) in [6, 6.07) is 10.6. The average Bonchev–Trinajstić information content (AvgIpc) is 2.30. The lowest BCUT2D eigenvalue weighted by Crippen LogP contribution is -2.14. The Balaban J connectivity index is 2.34. The molecule has 2 aromatic rings. The maximum absolute atomic E-state index is 13.5. The highest BCUT2D eigenvalue weighted by Crippen LogP contribution is 2.32. The molecule has 0 aromatic heterocycles. The molecular weight excluding hydrogens is 287 g/mol. The topological polar surface area (TPSA) is 86.2 Å². The lowest BCUT2D eigenvalue weighted by Gasteiger charge is -2.07. The highest BCUT2D eigenvalue weighted by atomic mass is 32.2. The number of nitrogens with two attached hydrogens (primary N) is 2. The second-order valence-electron chi connectivity index (χ2n) is 3.78. The van der Waals surface area contributed by atoms with Crippen molar-refractivity contribution >= 4 is 27.5 Å². The monoisotopic (exact) mass is 298 g/mol. The van der Waals surface area contributed by atoms with Crippen molar-refractivity contribution < 1.29 is 12.8 Å². The summed E-state index contributed by atoms with van der Waals surface area (Å²) in [5, 5.41) is 5.01. The standard InChI is InChI=1S/C12H11FN2O2S2/c13-9-3-1-2-4-11(9)18-8-5-6-12(10(14)7-8)19(15,16)17/h1-7H,14H2,(H2,15,16,17). The number of nitrogen functional groups attached to an aromatic ring is 1. The highest BCUT2D eigenvalue weighted by Gasteiger charge is 2.13. The Kier molecular flexibility index (Phi) is 3.79. The molecule has 0 unspecified atom stereocenters. The van der Waals surface area contributed by atoms with E-state index in [1.54, 1.807) is 18.2 Å². The predicted molar refractivity (Wildman–Crippen MR) is 72.8 cm³/mol. The van der Waals surface area contributed by atoms with E-state index in [4.69, 9.17) is 10.9 Å². The van der Waals surface area contributed by atoms with Gasteiger partial charge in [0.15, 0.2) is 0 Å². The minimum Gasteiger partial charge on any atom is -0.398 e. The van der Waals surface area contributed by atoms with Crippen LogP contribution in [0.5, 0.6) is 0 Å². The van der Waals surface area contributed by atoms with Crippen molar-refractivity contribution in [2.75, 3.05) is 5.73 Å². The maximum Gasteiger partial charge on any atom is 0.240 e. The summed E-state index contributed by atoms with van der Waals surface area (Å²) >= 11 is 1.16. The third-order valence-corrected chi connectivity index (χ3v) is 4.38. The average molecular weight is 298 g/mol. The molecule has 0 amide bonds. The molecular formula is C12H11FN2O2S2. The van der Waals surface area contributed by atoms with E-state index in [1.165, 1.54) is 24.3 Å². The Hall–Kier alpha value is -1.57. The largest absolute Gasteiger partial charge is 0.398 e. The van der Waals surface area contributed by atoms with Crippen LogP contribution in [0, 0.1) is 5.82 Å². The lowest BCUT2D eigenvalue weighted by atomic mass is 10.3. The molecule has 0 saturated heterocycles. The molecule has 100 valence electrons. The van der Waals surface area contributed by atoms with E-state index in [2.05, 4.69) is 0 Å². The van der Waals surface area contributed by atoms with Gasteiger partial charge in [0.05, 0.1) is 5.69 Å². The predicted octanol–water partition coefficient (Wildman–Crippen LogP) is 2.21. The molecule has 0 aliphatic heterocycles.